The lowest BCUT2D eigenvalue weighted by Gasteiger charge is -2.27. The molecule has 0 spiro atoms. The maximum atomic E-state index is 13.0. The van der Waals surface area contributed by atoms with Crippen LogP contribution in [0, 0.1) is 0 Å². The molecule has 1 aliphatic heterocycles. The minimum atomic E-state index is -3.71. The molecule has 27 heavy (non-hydrogen) atoms. The lowest BCUT2D eigenvalue weighted by molar-refractivity contribution is 0.0727. The summed E-state index contributed by atoms with van der Waals surface area (Å²) in [6, 6.07) is 11.0. The number of carbonyl (C=O) groups excluding carboxylic acids is 1. The first-order valence-electron chi connectivity index (χ1n) is 8.60. The highest BCUT2D eigenvalue weighted by Gasteiger charge is 2.29. The van der Waals surface area contributed by atoms with E-state index in [4.69, 9.17) is 21.1 Å². The van der Waals surface area contributed by atoms with Crippen LogP contribution >= 0.6 is 11.6 Å². The third kappa shape index (κ3) is 4.50. The Kier molecular flexibility index (Phi) is 6.16. The summed E-state index contributed by atoms with van der Waals surface area (Å²) in [5.74, 6) is -0.292. The van der Waals surface area contributed by atoms with Gasteiger partial charge in [-0.25, -0.2) is 13.2 Å². The van der Waals surface area contributed by atoms with Gasteiger partial charge in [-0.3, -0.25) is 0 Å². The van der Waals surface area contributed by atoms with E-state index in [2.05, 4.69) is 0 Å². The predicted molar refractivity (Wildman–Crippen MR) is 102 cm³/mol. The molecule has 0 saturated carbocycles. The van der Waals surface area contributed by atoms with Crippen molar-refractivity contribution in [2.45, 2.75) is 18.2 Å². The van der Waals surface area contributed by atoms with Crippen LogP contribution in [0.1, 0.15) is 22.8 Å². The average Bonchev–Trinajstić information content (AvgIpc) is 2.69. The highest BCUT2D eigenvalue weighted by Crippen LogP contribution is 2.24. The van der Waals surface area contributed by atoms with E-state index < -0.39 is 16.0 Å². The van der Waals surface area contributed by atoms with Gasteiger partial charge in [0.25, 0.3) is 0 Å². The predicted octanol–water partition coefficient (Wildman–Crippen LogP) is 3.14. The maximum Gasteiger partial charge on any atom is 0.343 e. The van der Waals surface area contributed by atoms with Crippen LogP contribution in [0.4, 0.5) is 0 Å². The molecule has 8 heteroatoms. The second kappa shape index (κ2) is 8.39. The van der Waals surface area contributed by atoms with Gasteiger partial charge in [0.1, 0.15) is 5.75 Å². The molecule has 144 valence electrons. The van der Waals surface area contributed by atoms with Crippen LogP contribution < -0.4 is 4.74 Å². The quantitative estimate of drug-likeness (QED) is 0.560. The number of benzene rings is 2. The van der Waals surface area contributed by atoms with Crippen molar-refractivity contribution in [1.82, 2.24) is 4.31 Å². The molecule has 0 aliphatic carbocycles. The molecule has 0 N–H and O–H groups in total. The first-order chi connectivity index (χ1) is 12.9. The smallest absolute Gasteiger partial charge is 0.343 e. The first-order valence-corrected chi connectivity index (χ1v) is 10.4. The standard InChI is InChI=1S/C19H20ClNO5S/c1-2-14-3-4-15(19(22)26-17-7-5-16(20)6-8-17)13-18(14)27(23,24)21-9-11-25-12-10-21/h3-8,13H,2,9-12H2,1H3. The van der Waals surface area contributed by atoms with Gasteiger partial charge in [-0.15, -0.1) is 0 Å². The van der Waals surface area contributed by atoms with Crippen molar-refractivity contribution in [3.63, 3.8) is 0 Å². The number of esters is 1. The molecule has 1 saturated heterocycles. The molecule has 2 aromatic rings. The third-order valence-electron chi connectivity index (χ3n) is 4.30. The summed E-state index contributed by atoms with van der Waals surface area (Å²) in [6.07, 6.45) is 0.533. The van der Waals surface area contributed by atoms with Gasteiger partial charge in [-0.05, 0) is 48.4 Å². The normalized spacial score (nSPS) is 15.5. The first kappa shape index (κ1) is 19.8. The van der Waals surface area contributed by atoms with Crippen molar-refractivity contribution in [3.8, 4) is 5.75 Å². The van der Waals surface area contributed by atoms with Crippen molar-refractivity contribution in [2.75, 3.05) is 26.3 Å². The highest BCUT2D eigenvalue weighted by atomic mass is 35.5. The zero-order chi connectivity index (χ0) is 19.4. The average molecular weight is 410 g/mol. The topological polar surface area (TPSA) is 72.9 Å². The van der Waals surface area contributed by atoms with Crippen LogP contribution in [0.5, 0.6) is 5.75 Å². The van der Waals surface area contributed by atoms with Crippen molar-refractivity contribution < 1.29 is 22.7 Å². The molecule has 0 aromatic heterocycles. The fourth-order valence-electron chi connectivity index (χ4n) is 2.81. The summed E-state index contributed by atoms with van der Waals surface area (Å²) in [5.41, 5.74) is 0.832. The van der Waals surface area contributed by atoms with E-state index in [0.717, 1.165) is 0 Å². The molecule has 0 bridgehead atoms. The number of morpholine rings is 1. The summed E-state index contributed by atoms with van der Waals surface area (Å²) in [5, 5.41) is 0.529. The molecule has 1 heterocycles. The second-order valence-corrected chi connectivity index (χ2v) is 8.38. The Morgan fingerprint density at radius 1 is 1.15 bits per heavy atom. The Balaban J connectivity index is 1.90. The molecule has 0 amide bonds. The van der Waals surface area contributed by atoms with E-state index in [0.29, 0.717) is 49.1 Å². The van der Waals surface area contributed by atoms with E-state index in [1.54, 1.807) is 36.4 Å². The van der Waals surface area contributed by atoms with Crippen molar-refractivity contribution in [1.29, 1.82) is 0 Å². The zero-order valence-electron chi connectivity index (χ0n) is 14.9. The maximum absolute atomic E-state index is 13.0. The molecule has 1 fully saturated rings. The number of halogens is 1. The van der Waals surface area contributed by atoms with Gasteiger partial charge in [0.15, 0.2) is 0 Å². The van der Waals surface area contributed by atoms with Crippen LogP contribution in [0.25, 0.3) is 0 Å². The number of ether oxygens (including phenoxy) is 2. The third-order valence-corrected chi connectivity index (χ3v) is 6.53. The fraction of sp³-hybridized carbons (Fsp3) is 0.316. The summed E-state index contributed by atoms with van der Waals surface area (Å²) in [6.45, 7) is 3.19. The summed E-state index contributed by atoms with van der Waals surface area (Å²) in [7, 11) is -3.71. The Bertz CT molecular complexity index is 922. The zero-order valence-corrected chi connectivity index (χ0v) is 16.4. The lowest BCUT2D eigenvalue weighted by Crippen LogP contribution is -2.41. The summed E-state index contributed by atoms with van der Waals surface area (Å²) in [4.78, 5) is 12.6. The Hall–Kier alpha value is -1.93. The number of nitrogens with zero attached hydrogens (tertiary/aromatic N) is 1. The Labute approximate surface area is 163 Å². The van der Waals surface area contributed by atoms with Crippen LogP contribution in [0.15, 0.2) is 47.4 Å². The van der Waals surface area contributed by atoms with Crippen molar-refractivity contribution in [2.24, 2.45) is 0 Å². The van der Waals surface area contributed by atoms with Crippen LogP contribution in [-0.4, -0.2) is 45.0 Å². The summed E-state index contributed by atoms with van der Waals surface area (Å²) >= 11 is 5.82. The van der Waals surface area contributed by atoms with E-state index in [1.165, 1.54) is 10.4 Å². The molecule has 0 atom stereocenters. The minimum absolute atomic E-state index is 0.137. The molecular weight excluding hydrogens is 390 g/mol. The molecule has 0 unspecified atom stereocenters. The molecule has 1 aliphatic rings. The van der Waals surface area contributed by atoms with Crippen LogP contribution in [0.3, 0.4) is 0 Å². The number of carbonyl (C=O) groups is 1. The number of rotatable bonds is 5. The van der Waals surface area contributed by atoms with Crippen LogP contribution in [0.2, 0.25) is 5.02 Å². The SMILES string of the molecule is CCc1ccc(C(=O)Oc2ccc(Cl)cc2)cc1S(=O)(=O)N1CCOCC1. The molecule has 2 aromatic carbocycles. The van der Waals surface area contributed by atoms with E-state index in [1.807, 2.05) is 6.92 Å². The fourth-order valence-corrected chi connectivity index (χ4v) is 4.66. The van der Waals surface area contributed by atoms with Gasteiger partial charge in [0.05, 0.1) is 23.7 Å². The minimum Gasteiger partial charge on any atom is -0.423 e. The van der Waals surface area contributed by atoms with Gasteiger partial charge in [-0.2, -0.15) is 4.31 Å². The van der Waals surface area contributed by atoms with Crippen molar-refractivity contribution >= 4 is 27.6 Å². The second-order valence-electron chi connectivity index (χ2n) is 6.04. The van der Waals surface area contributed by atoms with Gasteiger partial charge in [0, 0.05) is 18.1 Å². The number of sulfonamides is 1. The monoisotopic (exact) mass is 409 g/mol. The van der Waals surface area contributed by atoms with Crippen LogP contribution in [-0.2, 0) is 21.2 Å². The number of aryl methyl sites for hydroxylation is 1. The van der Waals surface area contributed by atoms with Gasteiger partial charge in [0.2, 0.25) is 10.0 Å². The van der Waals surface area contributed by atoms with E-state index in [9.17, 15) is 13.2 Å². The number of hydrogen-bond acceptors (Lipinski definition) is 5. The van der Waals surface area contributed by atoms with E-state index in [-0.39, 0.29) is 10.5 Å². The molecule has 3 rings (SSSR count). The Morgan fingerprint density at radius 2 is 1.81 bits per heavy atom. The van der Waals surface area contributed by atoms with Gasteiger partial charge < -0.3 is 9.47 Å². The largest absolute Gasteiger partial charge is 0.423 e. The van der Waals surface area contributed by atoms with Gasteiger partial charge in [-0.1, -0.05) is 24.6 Å². The highest BCUT2D eigenvalue weighted by molar-refractivity contribution is 7.89. The summed E-state index contributed by atoms with van der Waals surface area (Å²) < 4.78 is 38.0. The van der Waals surface area contributed by atoms with E-state index >= 15 is 0 Å². The number of hydrogen-bond donors (Lipinski definition) is 0. The molecular formula is C19H20ClNO5S. The Morgan fingerprint density at radius 3 is 2.44 bits per heavy atom. The van der Waals surface area contributed by atoms with Gasteiger partial charge >= 0.3 is 5.97 Å². The lowest BCUT2D eigenvalue weighted by atomic mass is 10.1. The molecule has 6 nitrogen and oxygen atoms in total. The molecule has 0 radical (unpaired) electrons. The van der Waals surface area contributed by atoms with Crippen molar-refractivity contribution in [3.05, 3.63) is 58.6 Å².